The van der Waals surface area contributed by atoms with Crippen LogP contribution in [0.5, 0.6) is 11.5 Å². The van der Waals surface area contributed by atoms with Crippen LogP contribution in [0.2, 0.25) is 0 Å². The van der Waals surface area contributed by atoms with E-state index in [0.717, 1.165) is 38.0 Å². The van der Waals surface area contributed by atoms with Gasteiger partial charge in [-0.2, -0.15) is 0 Å². The molecule has 0 atom stereocenters. The smallest absolute Gasteiger partial charge is 0.257 e. The lowest BCUT2D eigenvalue weighted by Crippen LogP contribution is -2.39. The number of ether oxygens (including phenoxy) is 2. The fourth-order valence-electron chi connectivity index (χ4n) is 3.98. The van der Waals surface area contributed by atoms with Crippen molar-refractivity contribution < 1.29 is 14.3 Å². The SMILES string of the molecule is COc1cccc(C(=O)N2CCC(Cn3cnc4ccccc43)CC2)c1OC. The van der Waals surface area contributed by atoms with Gasteiger partial charge in [-0.15, -0.1) is 0 Å². The molecule has 1 aliphatic rings. The fraction of sp³-hybridized carbons (Fsp3) is 0.364. The van der Waals surface area contributed by atoms with Crippen molar-refractivity contribution in [1.82, 2.24) is 14.5 Å². The maximum atomic E-state index is 13.0. The predicted octanol–water partition coefficient (Wildman–Crippen LogP) is 3.61. The first-order valence-electron chi connectivity index (χ1n) is 9.61. The number of fused-ring (bicyclic) bond motifs is 1. The number of methoxy groups -OCH3 is 2. The highest BCUT2D eigenvalue weighted by Gasteiger charge is 2.27. The van der Waals surface area contributed by atoms with Crippen molar-refractivity contribution in [1.29, 1.82) is 0 Å². The molecule has 6 nitrogen and oxygen atoms in total. The lowest BCUT2D eigenvalue weighted by Gasteiger charge is -2.32. The number of carbonyl (C=O) groups excluding carboxylic acids is 1. The Labute approximate surface area is 164 Å². The van der Waals surface area contributed by atoms with Gasteiger partial charge in [0.05, 0.1) is 37.1 Å². The molecule has 1 aromatic heterocycles. The van der Waals surface area contributed by atoms with Gasteiger partial charge in [0.2, 0.25) is 0 Å². The summed E-state index contributed by atoms with van der Waals surface area (Å²) in [5.41, 5.74) is 2.75. The minimum absolute atomic E-state index is 0.00211. The van der Waals surface area contributed by atoms with Gasteiger partial charge in [-0.1, -0.05) is 18.2 Å². The molecule has 1 aliphatic heterocycles. The molecule has 4 rings (SSSR count). The Morgan fingerprint density at radius 3 is 2.61 bits per heavy atom. The number of piperidine rings is 1. The normalized spacial score (nSPS) is 15.0. The summed E-state index contributed by atoms with van der Waals surface area (Å²) in [6.45, 7) is 2.43. The molecule has 1 saturated heterocycles. The van der Waals surface area contributed by atoms with Crippen molar-refractivity contribution in [2.75, 3.05) is 27.3 Å². The molecular weight excluding hydrogens is 354 g/mol. The van der Waals surface area contributed by atoms with Crippen LogP contribution in [0.3, 0.4) is 0 Å². The Kier molecular flexibility index (Phi) is 5.19. The molecule has 0 N–H and O–H groups in total. The molecule has 0 unspecified atom stereocenters. The van der Waals surface area contributed by atoms with Gasteiger partial charge in [0, 0.05) is 19.6 Å². The Morgan fingerprint density at radius 2 is 1.86 bits per heavy atom. The largest absolute Gasteiger partial charge is 0.493 e. The van der Waals surface area contributed by atoms with Crippen LogP contribution in [-0.4, -0.2) is 47.7 Å². The maximum Gasteiger partial charge on any atom is 0.257 e. The molecule has 0 radical (unpaired) electrons. The molecule has 146 valence electrons. The number of para-hydroxylation sites is 3. The maximum absolute atomic E-state index is 13.0. The van der Waals surface area contributed by atoms with E-state index in [1.165, 1.54) is 5.52 Å². The summed E-state index contributed by atoms with van der Waals surface area (Å²) >= 11 is 0. The number of imidazole rings is 1. The van der Waals surface area contributed by atoms with Crippen LogP contribution >= 0.6 is 0 Å². The van der Waals surface area contributed by atoms with Gasteiger partial charge in [-0.25, -0.2) is 4.98 Å². The van der Waals surface area contributed by atoms with Crippen molar-refractivity contribution in [3.8, 4) is 11.5 Å². The quantitative estimate of drug-likeness (QED) is 0.680. The Hall–Kier alpha value is -3.02. The van der Waals surface area contributed by atoms with Gasteiger partial charge in [0.1, 0.15) is 0 Å². The van der Waals surface area contributed by atoms with Gasteiger partial charge < -0.3 is 18.9 Å². The van der Waals surface area contributed by atoms with Crippen LogP contribution in [0.1, 0.15) is 23.2 Å². The van der Waals surface area contributed by atoms with E-state index >= 15 is 0 Å². The van der Waals surface area contributed by atoms with Crippen molar-refractivity contribution >= 4 is 16.9 Å². The number of likely N-dealkylation sites (tertiary alicyclic amines) is 1. The third kappa shape index (κ3) is 3.42. The minimum Gasteiger partial charge on any atom is -0.493 e. The first-order chi connectivity index (χ1) is 13.7. The number of benzene rings is 2. The molecule has 0 saturated carbocycles. The number of rotatable bonds is 5. The van der Waals surface area contributed by atoms with Crippen molar-refractivity contribution in [3.05, 3.63) is 54.4 Å². The second-order valence-electron chi connectivity index (χ2n) is 7.16. The highest BCUT2D eigenvalue weighted by atomic mass is 16.5. The summed E-state index contributed by atoms with van der Waals surface area (Å²) in [4.78, 5) is 19.4. The zero-order chi connectivity index (χ0) is 19.5. The lowest BCUT2D eigenvalue weighted by molar-refractivity contribution is 0.0679. The topological polar surface area (TPSA) is 56.6 Å². The second-order valence-corrected chi connectivity index (χ2v) is 7.16. The summed E-state index contributed by atoms with van der Waals surface area (Å²) in [5, 5.41) is 0. The standard InChI is InChI=1S/C22H25N3O3/c1-27-20-9-5-6-17(21(20)28-2)22(26)24-12-10-16(11-13-24)14-25-15-23-18-7-3-4-8-19(18)25/h3-9,15-16H,10-14H2,1-2H3. The van der Waals surface area contributed by atoms with E-state index in [4.69, 9.17) is 9.47 Å². The highest BCUT2D eigenvalue weighted by Crippen LogP contribution is 2.32. The van der Waals surface area contributed by atoms with E-state index in [2.05, 4.69) is 15.6 Å². The highest BCUT2D eigenvalue weighted by molar-refractivity contribution is 5.97. The molecule has 6 heteroatoms. The zero-order valence-electron chi connectivity index (χ0n) is 16.3. The molecule has 2 aromatic carbocycles. The summed E-state index contributed by atoms with van der Waals surface area (Å²) in [5.74, 6) is 1.62. The third-order valence-electron chi connectivity index (χ3n) is 5.52. The molecule has 1 amide bonds. The summed E-state index contributed by atoms with van der Waals surface area (Å²) in [6, 6.07) is 13.6. The Balaban J connectivity index is 1.42. The summed E-state index contributed by atoms with van der Waals surface area (Å²) in [7, 11) is 3.15. The van der Waals surface area contributed by atoms with E-state index in [1.54, 1.807) is 26.4 Å². The number of nitrogens with zero attached hydrogens (tertiary/aromatic N) is 3. The summed E-state index contributed by atoms with van der Waals surface area (Å²) < 4.78 is 13.0. The van der Waals surface area contributed by atoms with E-state index in [-0.39, 0.29) is 5.91 Å². The number of hydrogen-bond donors (Lipinski definition) is 0. The Morgan fingerprint density at radius 1 is 1.07 bits per heavy atom. The van der Waals surface area contributed by atoms with E-state index < -0.39 is 0 Å². The average molecular weight is 379 g/mol. The van der Waals surface area contributed by atoms with E-state index in [0.29, 0.717) is 23.0 Å². The average Bonchev–Trinajstić information content (AvgIpc) is 3.16. The molecule has 0 aliphatic carbocycles. The van der Waals surface area contributed by atoms with Gasteiger partial charge in [-0.05, 0) is 43.0 Å². The number of amides is 1. The van der Waals surface area contributed by atoms with Crippen molar-refractivity contribution in [2.24, 2.45) is 5.92 Å². The van der Waals surface area contributed by atoms with Crippen LogP contribution in [0.15, 0.2) is 48.8 Å². The number of hydrogen-bond acceptors (Lipinski definition) is 4. The van der Waals surface area contributed by atoms with Crippen LogP contribution in [0, 0.1) is 5.92 Å². The molecule has 2 heterocycles. The molecular formula is C22H25N3O3. The first-order valence-corrected chi connectivity index (χ1v) is 9.61. The molecule has 0 bridgehead atoms. The summed E-state index contributed by atoms with van der Waals surface area (Å²) in [6.07, 6.45) is 3.87. The van der Waals surface area contributed by atoms with Crippen LogP contribution in [0.25, 0.3) is 11.0 Å². The fourth-order valence-corrected chi connectivity index (χ4v) is 3.98. The predicted molar refractivity (Wildman–Crippen MR) is 108 cm³/mol. The third-order valence-corrected chi connectivity index (χ3v) is 5.52. The van der Waals surface area contributed by atoms with Crippen LogP contribution in [0.4, 0.5) is 0 Å². The monoisotopic (exact) mass is 379 g/mol. The van der Waals surface area contributed by atoms with Crippen LogP contribution < -0.4 is 9.47 Å². The van der Waals surface area contributed by atoms with Gasteiger partial charge in [0.15, 0.2) is 11.5 Å². The molecule has 3 aromatic rings. The lowest BCUT2D eigenvalue weighted by atomic mass is 9.96. The van der Waals surface area contributed by atoms with E-state index in [1.807, 2.05) is 35.5 Å². The number of carbonyl (C=O) groups is 1. The zero-order valence-corrected chi connectivity index (χ0v) is 16.3. The molecule has 1 fully saturated rings. The molecule has 28 heavy (non-hydrogen) atoms. The first kappa shape index (κ1) is 18.3. The van der Waals surface area contributed by atoms with Crippen molar-refractivity contribution in [2.45, 2.75) is 19.4 Å². The number of aromatic nitrogens is 2. The molecule has 0 spiro atoms. The van der Waals surface area contributed by atoms with Gasteiger partial charge in [-0.3, -0.25) is 4.79 Å². The van der Waals surface area contributed by atoms with Gasteiger partial charge >= 0.3 is 0 Å². The second kappa shape index (κ2) is 7.92. The van der Waals surface area contributed by atoms with Crippen molar-refractivity contribution in [3.63, 3.8) is 0 Å². The van der Waals surface area contributed by atoms with Gasteiger partial charge in [0.25, 0.3) is 5.91 Å². The van der Waals surface area contributed by atoms with E-state index in [9.17, 15) is 4.79 Å². The Bertz CT molecular complexity index is 974. The minimum atomic E-state index is 0.00211. The van der Waals surface area contributed by atoms with Crippen LogP contribution in [-0.2, 0) is 6.54 Å².